The van der Waals surface area contributed by atoms with Crippen LogP contribution in [0.5, 0.6) is 0 Å². The molecule has 2 heterocycles. The second-order valence-corrected chi connectivity index (χ2v) is 6.41. The molecule has 118 valence electrons. The van der Waals surface area contributed by atoms with Crippen molar-refractivity contribution in [2.45, 2.75) is 25.3 Å². The number of piperazine rings is 1. The predicted octanol–water partition coefficient (Wildman–Crippen LogP) is 3.36. The minimum atomic E-state index is 0.540. The Bertz CT molecular complexity index is 693. The molecular weight excluding hydrogens is 282 g/mol. The summed E-state index contributed by atoms with van der Waals surface area (Å²) < 4.78 is 0. The van der Waals surface area contributed by atoms with Crippen molar-refractivity contribution in [1.29, 1.82) is 0 Å². The molecule has 2 aliphatic heterocycles. The molecule has 0 amide bonds. The highest BCUT2D eigenvalue weighted by Gasteiger charge is 2.25. The van der Waals surface area contributed by atoms with E-state index in [0.29, 0.717) is 6.04 Å². The van der Waals surface area contributed by atoms with Gasteiger partial charge in [0.25, 0.3) is 0 Å². The number of anilines is 1. The molecular formula is C20H23N3. The summed E-state index contributed by atoms with van der Waals surface area (Å²) in [4.78, 5) is 7.22. The first-order valence-electron chi connectivity index (χ1n) is 8.57. The van der Waals surface area contributed by atoms with Crippen molar-refractivity contribution >= 4 is 17.6 Å². The molecule has 0 aliphatic carbocycles. The fourth-order valence-electron chi connectivity index (χ4n) is 3.56. The molecule has 3 nitrogen and oxygen atoms in total. The van der Waals surface area contributed by atoms with Gasteiger partial charge in [-0.2, -0.15) is 0 Å². The molecule has 2 aliphatic rings. The first-order chi connectivity index (χ1) is 11.4. The van der Waals surface area contributed by atoms with Gasteiger partial charge in [0.15, 0.2) is 0 Å². The topological polar surface area (TPSA) is 27.6 Å². The highest BCUT2D eigenvalue weighted by molar-refractivity contribution is 5.77. The molecule has 0 radical (unpaired) electrons. The van der Waals surface area contributed by atoms with E-state index < -0.39 is 0 Å². The molecule has 1 atom stereocenters. The SMILES string of the molecule is C1=Nc2ccc(CCc3ccccc3)cc2N2CCNC[C@@H]2C1. The van der Waals surface area contributed by atoms with Crippen molar-refractivity contribution in [1.82, 2.24) is 5.32 Å². The maximum atomic E-state index is 4.68. The first-order valence-corrected chi connectivity index (χ1v) is 8.57. The van der Waals surface area contributed by atoms with Crippen molar-refractivity contribution in [3.63, 3.8) is 0 Å². The summed E-state index contributed by atoms with van der Waals surface area (Å²) in [5.74, 6) is 0. The molecule has 0 saturated carbocycles. The number of fused-ring (bicyclic) bond motifs is 3. The number of hydrogen-bond acceptors (Lipinski definition) is 3. The Labute approximate surface area is 138 Å². The summed E-state index contributed by atoms with van der Waals surface area (Å²) in [6.45, 7) is 3.19. The average Bonchev–Trinajstić information content (AvgIpc) is 2.80. The quantitative estimate of drug-likeness (QED) is 0.941. The van der Waals surface area contributed by atoms with Crippen LogP contribution in [-0.2, 0) is 12.8 Å². The van der Waals surface area contributed by atoms with E-state index in [1.165, 1.54) is 16.8 Å². The lowest BCUT2D eigenvalue weighted by atomic mass is 10.0. The van der Waals surface area contributed by atoms with Crippen LogP contribution in [0.2, 0.25) is 0 Å². The Morgan fingerprint density at radius 1 is 1.04 bits per heavy atom. The Balaban J connectivity index is 1.57. The molecule has 4 rings (SSSR count). The lowest BCUT2D eigenvalue weighted by Crippen LogP contribution is -2.51. The van der Waals surface area contributed by atoms with Crippen LogP contribution in [0.25, 0.3) is 0 Å². The van der Waals surface area contributed by atoms with Gasteiger partial charge in [0.05, 0.1) is 11.4 Å². The monoisotopic (exact) mass is 305 g/mol. The van der Waals surface area contributed by atoms with Crippen molar-refractivity contribution < 1.29 is 0 Å². The van der Waals surface area contributed by atoms with Gasteiger partial charge in [-0.25, -0.2) is 0 Å². The molecule has 1 saturated heterocycles. The Hall–Kier alpha value is -2.13. The third kappa shape index (κ3) is 3.15. The van der Waals surface area contributed by atoms with Gasteiger partial charge in [-0.15, -0.1) is 0 Å². The van der Waals surface area contributed by atoms with Crippen LogP contribution in [0.1, 0.15) is 17.5 Å². The third-order valence-corrected chi connectivity index (χ3v) is 4.85. The van der Waals surface area contributed by atoms with Crippen molar-refractivity contribution in [3.05, 3.63) is 59.7 Å². The van der Waals surface area contributed by atoms with E-state index in [0.717, 1.165) is 44.6 Å². The minimum Gasteiger partial charge on any atom is -0.364 e. The second-order valence-electron chi connectivity index (χ2n) is 6.41. The lowest BCUT2D eigenvalue weighted by molar-refractivity contribution is 0.488. The number of nitrogens with zero attached hydrogens (tertiary/aromatic N) is 2. The van der Waals surface area contributed by atoms with Gasteiger partial charge >= 0.3 is 0 Å². The molecule has 1 fully saturated rings. The Morgan fingerprint density at radius 3 is 2.83 bits per heavy atom. The van der Waals surface area contributed by atoms with Gasteiger partial charge in [-0.1, -0.05) is 36.4 Å². The van der Waals surface area contributed by atoms with Crippen molar-refractivity contribution in [2.24, 2.45) is 4.99 Å². The average molecular weight is 305 g/mol. The molecule has 2 aromatic carbocycles. The maximum Gasteiger partial charge on any atom is 0.0859 e. The van der Waals surface area contributed by atoms with Gasteiger partial charge in [0.2, 0.25) is 0 Å². The highest BCUT2D eigenvalue weighted by Crippen LogP contribution is 2.34. The van der Waals surface area contributed by atoms with Crippen LogP contribution in [0, 0.1) is 0 Å². The zero-order valence-corrected chi connectivity index (χ0v) is 13.4. The zero-order valence-electron chi connectivity index (χ0n) is 13.4. The van der Waals surface area contributed by atoms with E-state index in [4.69, 9.17) is 0 Å². The van der Waals surface area contributed by atoms with Gasteiger partial charge in [0.1, 0.15) is 0 Å². The van der Waals surface area contributed by atoms with E-state index in [2.05, 4.69) is 70.0 Å². The van der Waals surface area contributed by atoms with Gasteiger partial charge in [-0.05, 0) is 36.1 Å². The number of aliphatic imine (C=N–C) groups is 1. The Kier molecular flexibility index (Phi) is 4.12. The van der Waals surface area contributed by atoms with E-state index in [9.17, 15) is 0 Å². The van der Waals surface area contributed by atoms with Crippen molar-refractivity contribution in [2.75, 3.05) is 24.5 Å². The van der Waals surface area contributed by atoms with Gasteiger partial charge in [-0.3, -0.25) is 4.99 Å². The maximum absolute atomic E-state index is 4.68. The molecule has 0 aromatic heterocycles. The summed E-state index contributed by atoms with van der Waals surface area (Å²) in [7, 11) is 0. The molecule has 0 unspecified atom stereocenters. The molecule has 23 heavy (non-hydrogen) atoms. The zero-order chi connectivity index (χ0) is 15.5. The van der Waals surface area contributed by atoms with E-state index in [1.807, 2.05) is 0 Å². The Morgan fingerprint density at radius 2 is 1.91 bits per heavy atom. The van der Waals surface area contributed by atoms with E-state index >= 15 is 0 Å². The number of hydrogen-bond donors (Lipinski definition) is 1. The molecule has 3 heteroatoms. The molecule has 0 spiro atoms. The van der Waals surface area contributed by atoms with Crippen molar-refractivity contribution in [3.8, 4) is 0 Å². The number of aryl methyl sites for hydroxylation is 2. The summed E-state index contributed by atoms with van der Waals surface area (Å²) >= 11 is 0. The van der Waals surface area contributed by atoms with Crippen LogP contribution in [0.15, 0.2) is 53.5 Å². The summed E-state index contributed by atoms with van der Waals surface area (Å²) in [5.41, 5.74) is 5.25. The van der Waals surface area contributed by atoms with Gasteiger partial charge in [0, 0.05) is 38.3 Å². The van der Waals surface area contributed by atoms with Crippen LogP contribution in [0.4, 0.5) is 11.4 Å². The van der Waals surface area contributed by atoms with Gasteiger partial charge < -0.3 is 10.2 Å². The predicted molar refractivity (Wildman–Crippen MR) is 97.1 cm³/mol. The molecule has 1 N–H and O–H groups in total. The van der Waals surface area contributed by atoms with E-state index in [1.54, 1.807) is 0 Å². The summed E-state index contributed by atoms with van der Waals surface area (Å²) in [6, 6.07) is 18.1. The number of benzene rings is 2. The normalized spacial score (nSPS) is 19.8. The van der Waals surface area contributed by atoms with E-state index in [-0.39, 0.29) is 0 Å². The fourth-order valence-corrected chi connectivity index (χ4v) is 3.56. The second kappa shape index (κ2) is 6.55. The fraction of sp³-hybridized carbons (Fsp3) is 0.350. The number of rotatable bonds is 3. The minimum absolute atomic E-state index is 0.540. The lowest BCUT2D eigenvalue weighted by Gasteiger charge is -2.37. The highest BCUT2D eigenvalue weighted by atomic mass is 15.2. The molecule has 0 bridgehead atoms. The van der Waals surface area contributed by atoms with Crippen LogP contribution in [0.3, 0.4) is 0 Å². The van der Waals surface area contributed by atoms with Crippen LogP contribution < -0.4 is 10.2 Å². The first kappa shape index (κ1) is 14.5. The smallest absolute Gasteiger partial charge is 0.0859 e. The summed E-state index contributed by atoms with van der Waals surface area (Å²) in [5, 5.41) is 3.50. The van der Waals surface area contributed by atoms with Crippen LogP contribution in [-0.4, -0.2) is 31.9 Å². The molecule has 2 aromatic rings. The number of nitrogens with one attached hydrogen (secondary N) is 1. The third-order valence-electron chi connectivity index (χ3n) is 4.85. The summed E-state index contributed by atoms with van der Waals surface area (Å²) in [6.07, 6.45) is 5.28. The standard InChI is InChI=1S/C20H23N3/c1-2-4-16(5-3-1)6-7-17-8-9-19-20(14-17)23-13-12-21-15-18(23)10-11-22-19/h1-5,8-9,11,14,18,21H,6-7,10,12-13,15H2/t18-/m0/s1. The largest absolute Gasteiger partial charge is 0.364 e. The van der Waals surface area contributed by atoms with Crippen LogP contribution >= 0.6 is 0 Å².